The zero-order valence-electron chi connectivity index (χ0n) is 10.4. The number of nitrogens with zero attached hydrogens (tertiary/aromatic N) is 1. The lowest BCUT2D eigenvalue weighted by Crippen LogP contribution is -2.07. The summed E-state index contributed by atoms with van der Waals surface area (Å²) in [5.41, 5.74) is 1.91. The van der Waals surface area contributed by atoms with Crippen molar-refractivity contribution in [1.29, 1.82) is 0 Å². The Morgan fingerprint density at radius 2 is 2.16 bits per heavy atom. The zero-order valence-corrected chi connectivity index (χ0v) is 12.0. The van der Waals surface area contributed by atoms with Crippen molar-refractivity contribution in [3.05, 3.63) is 52.0 Å². The van der Waals surface area contributed by atoms with Gasteiger partial charge in [0, 0.05) is 16.5 Å². The normalized spacial score (nSPS) is 10.8. The number of aromatic nitrogens is 1. The topological polar surface area (TPSA) is 42.0 Å². The first-order valence-corrected chi connectivity index (χ1v) is 7.12. The Labute approximate surface area is 120 Å². The molecule has 0 aliphatic carbocycles. The fourth-order valence-corrected chi connectivity index (χ4v) is 2.34. The van der Waals surface area contributed by atoms with Crippen LogP contribution in [0, 0.1) is 0 Å². The molecule has 1 heterocycles. The molecule has 19 heavy (non-hydrogen) atoms. The molecule has 0 spiro atoms. The Hall–Kier alpha value is -1.65. The Kier molecular flexibility index (Phi) is 4.71. The lowest BCUT2D eigenvalue weighted by atomic mass is 10.2. The lowest BCUT2D eigenvalue weighted by Gasteiger charge is -1.96. The van der Waals surface area contributed by atoms with Crippen LogP contribution in [0.1, 0.15) is 18.2 Å². The number of halogens is 1. The van der Waals surface area contributed by atoms with Crippen LogP contribution in [-0.2, 0) is 11.2 Å². The van der Waals surface area contributed by atoms with Gasteiger partial charge >= 0.3 is 0 Å². The maximum absolute atomic E-state index is 11.7. The van der Waals surface area contributed by atoms with E-state index in [-0.39, 0.29) is 5.91 Å². The van der Waals surface area contributed by atoms with Gasteiger partial charge in [0.2, 0.25) is 5.91 Å². The van der Waals surface area contributed by atoms with Crippen LogP contribution in [0.3, 0.4) is 0 Å². The van der Waals surface area contributed by atoms with Crippen molar-refractivity contribution in [2.45, 2.75) is 13.3 Å². The predicted octanol–water partition coefficient (Wildman–Crippen LogP) is 4.01. The lowest BCUT2D eigenvalue weighted by molar-refractivity contribution is -0.111. The number of thiazole rings is 1. The van der Waals surface area contributed by atoms with Crippen molar-refractivity contribution < 1.29 is 4.79 Å². The summed E-state index contributed by atoms with van der Waals surface area (Å²) in [5.74, 6) is -0.188. The minimum Gasteiger partial charge on any atom is -0.298 e. The van der Waals surface area contributed by atoms with Gasteiger partial charge in [0.25, 0.3) is 0 Å². The largest absolute Gasteiger partial charge is 0.298 e. The second-order valence-electron chi connectivity index (χ2n) is 3.87. The summed E-state index contributed by atoms with van der Waals surface area (Å²) in [5, 5.41) is 5.98. The minimum atomic E-state index is -0.188. The van der Waals surface area contributed by atoms with Crippen LogP contribution in [0.5, 0.6) is 0 Å². The number of rotatable bonds is 4. The fourth-order valence-electron chi connectivity index (χ4n) is 1.42. The number of hydrogen-bond acceptors (Lipinski definition) is 3. The molecule has 0 bridgehead atoms. The van der Waals surface area contributed by atoms with E-state index in [0.29, 0.717) is 10.2 Å². The van der Waals surface area contributed by atoms with Crippen LogP contribution in [0.2, 0.25) is 5.02 Å². The van der Waals surface area contributed by atoms with E-state index in [9.17, 15) is 4.79 Å². The number of carbonyl (C=O) groups is 1. The molecule has 0 unspecified atom stereocenters. The summed E-state index contributed by atoms with van der Waals surface area (Å²) in [6.07, 6.45) is 4.09. The number of carbonyl (C=O) groups excluding carboxylic acids is 1. The molecule has 1 aromatic heterocycles. The Morgan fingerprint density at radius 1 is 1.42 bits per heavy atom. The van der Waals surface area contributed by atoms with Crippen LogP contribution >= 0.6 is 22.9 Å². The summed E-state index contributed by atoms with van der Waals surface area (Å²) >= 11 is 7.22. The van der Waals surface area contributed by atoms with Crippen LogP contribution in [-0.4, -0.2) is 10.9 Å². The van der Waals surface area contributed by atoms with Gasteiger partial charge in [-0.1, -0.05) is 30.7 Å². The number of nitrogens with one attached hydrogen (secondary N) is 1. The molecule has 1 aromatic carbocycles. The summed E-state index contributed by atoms with van der Waals surface area (Å²) in [7, 11) is 0. The van der Waals surface area contributed by atoms with E-state index in [2.05, 4.69) is 10.3 Å². The van der Waals surface area contributed by atoms with Crippen molar-refractivity contribution in [2.24, 2.45) is 0 Å². The molecule has 1 amide bonds. The van der Waals surface area contributed by atoms with E-state index in [4.69, 9.17) is 11.6 Å². The first-order valence-electron chi connectivity index (χ1n) is 5.86. The molecule has 0 aliphatic heterocycles. The molecule has 0 saturated heterocycles. The van der Waals surface area contributed by atoms with Crippen molar-refractivity contribution >= 4 is 40.1 Å². The van der Waals surface area contributed by atoms with Gasteiger partial charge in [0.05, 0.1) is 5.69 Å². The highest BCUT2D eigenvalue weighted by atomic mass is 35.5. The molecule has 0 atom stereocenters. The van der Waals surface area contributed by atoms with E-state index in [1.807, 2.05) is 24.4 Å². The molecule has 2 rings (SSSR count). The molecule has 0 aliphatic rings. The molecule has 3 nitrogen and oxygen atoms in total. The summed E-state index contributed by atoms with van der Waals surface area (Å²) < 4.78 is 0. The maximum atomic E-state index is 11.7. The summed E-state index contributed by atoms with van der Waals surface area (Å²) in [4.78, 5) is 16.0. The minimum absolute atomic E-state index is 0.188. The van der Waals surface area contributed by atoms with Crippen LogP contribution < -0.4 is 5.32 Å². The van der Waals surface area contributed by atoms with Gasteiger partial charge in [-0.05, 0) is 30.2 Å². The highest BCUT2D eigenvalue weighted by Crippen LogP contribution is 2.16. The number of anilines is 1. The third kappa shape index (κ3) is 4.19. The number of amides is 1. The van der Waals surface area contributed by atoms with Gasteiger partial charge in [-0.15, -0.1) is 11.3 Å². The quantitative estimate of drug-likeness (QED) is 0.865. The smallest absolute Gasteiger partial charge is 0.250 e. The molecular formula is C14H13ClN2OS. The second kappa shape index (κ2) is 6.50. The van der Waals surface area contributed by atoms with E-state index in [1.54, 1.807) is 18.2 Å². The van der Waals surface area contributed by atoms with Gasteiger partial charge in [-0.25, -0.2) is 4.98 Å². The average molecular weight is 293 g/mol. The predicted molar refractivity (Wildman–Crippen MR) is 80.6 cm³/mol. The fraction of sp³-hybridized carbons (Fsp3) is 0.143. The van der Waals surface area contributed by atoms with Crippen LogP contribution in [0.25, 0.3) is 6.08 Å². The monoisotopic (exact) mass is 292 g/mol. The van der Waals surface area contributed by atoms with E-state index in [1.165, 1.54) is 17.4 Å². The maximum Gasteiger partial charge on any atom is 0.250 e. The van der Waals surface area contributed by atoms with Gasteiger partial charge in [-0.3, -0.25) is 10.1 Å². The highest BCUT2D eigenvalue weighted by Gasteiger charge is 2.02. The van der Waals surface area contributed by atoms with E-state index >= 15 is 0 Å². The third-order valence-corrected chi connectivity index (χ3v) is 3.50. The van der Waals surface area contributed by atoms with E-state index in [0.717, 1.165) is 17.7 Å². The van der Waals surface area contributed by atoms with Gasteiger partial charge in [-0.2, -0.15) is 0 Å². The van der Waals surface area contributed by atoms with Gasteiger partial charge < -0.3 is 0 Å². The van der Waals surface area contributed by atoms with Gasteiger partial charge in [0.15, 0.2) is 5.13 Å². The van der Waals surface area contributed by atoms with Gasteiger partial charge in [0.1, 0.15) is 0 Å². The van der Waals surface area contributed by atoms with Crippen molar-refractivity contribution in [2.75, 3.05) is 5.32 Å². The summed E-state index contributed by atoms with van der Waals surface area (Å²) in [6.45, 7) is 2.03. The van der Waals surface area contributed by atoms with Crippen LogP contribution in [0.4, 0.5) is 5.13 Å². The molecular weight excluding hydrogens is 280 g/mol. The third-order valence-electron chi connectivity index (χ3n) is 2.44. The zero-order chi connectivity index (χ0) is 13.7. The molecule has 0 saturated carbocycles. The standard InChI is InChI=1S/C14H13ClN2OS/c1-2-12-9-19-14(16-12)17-13(18)8-5-10-3-6-11(15)7-4-10/h3-9H,2H2,1H3,(H,16,17,18)/b8-5+. The molecule has 1 N–H and O–H groups in total. The molecule has 2 aromatic rings. The Balaban J connectivity index is 1.95. The molecule has 98 valence electrons. The van der Waals surface area contributed by atoms with Crippen molar-refractivity contribution in [3.8, 4) is 0 Å². The molecule has 5 heteroatoms. The van der Waals surface area contributed by atoms with E-state index < -0.39 is 0 Å². The highest BCUT2D eigenvalue weighted by molar-refractivity contribution is 7.13. The van der Waals surface area contributed by atoms with Crippen molar-refractivity contribution in [1.82, 2.24) is 4.98 Å². The van der Waals surface area contributed by atoms with Crippen molar-refractivity contribution in [3.63, 3.8) is 0 Å². The average Bonchev–Trinajstić information content (AvgIpc) is 2.86. The second-order valence-corrected chi connectivity index (χ2v) is 5.17. The number of hydrogen-bond donors (Lipinski definition) is 1. The number of aryl methyl sites for hydroxylation is 1. The molecule has 0 radical (unpaired) electrons. The summed E-state index contributed by atoms with van der Waals surface area (Å²) in [6, 6.07) is 7.27. The Bertz CT molecular complexity index is 590. The number of benzene rings is 1. The Morgan fingerprint density at radius 3 is 2.79 bits per heavy atom. The first kappa shape index (κ1) is 13.8. The van der Waals surface area contributed by atoms with Crippen LogP contribution in [0.15, 0.2) is 35.7 Å². The molecule has 0 fully saturated rings. The SMILES string of the molecule is CCc1csc(NC(=O)/C=C/c2ccc(Cl)cc2)n1. The first-order chi connectivity index (χ1) is 9.17.